The summed E-state index contributed by atoms with van der Waals surface area (Å²) < 4.78 is 50.4. The minimum atomic E-state index is -4.07. The van der Waals surface area contributed by atoms with Gasteiger partial charge in [-0.3, -0.25) is 9.59 Å². The molecule has 1 heterocycles. The second-order valence-corrected chi connectivity index (χ2v) is 10.0. The third-order valence-corrected chi connectivity index (χ3v) is 6.92. The predicted octanol–water partition coefficient (Wildman–Crippen LogP) is -1.76. The summed E-state index contributed by atoms with van der Waals surface area (Å²) in [7, 11) is -7.37. The molecule has 1 aliphatic heterocycles. The van der Waals surface area contributed by atoms with Gasteiger partial charge in [0.15, 0.2) is 9.84 Å². The van der Waals surface area contributed by atoms with Gasteiger partial charge in [0.1, 0.15) is 17.9 Å². The fourth-order valence-corrected chi connectivity index (χ4v) is 4.00. The highest BCUT2D eigenvalue weighted by atomic mass is 32.2. The van der Waals surface area contributed by atoms with Gasteiger partial charge in [0.25, 0.3) is 0 Å². The summed E-state index contributed by atoms with van der Waals surface area (Å²) in [6.07, 6.45) is 1.03. The van der Waals surface area contributed by atoms with Gasteiger partial charge in [-0.15, -0.1) is 0 Å². The zero-order valence-corrected chi connectivity index (χ0v) is 14.1. The molecule has 11 heteroatoms. The summed E-state index contributed by atoms with van der Waals surface area (Å²) in [6, 6.07) is 0. The van der Waals surface area contributed by atoms with Gasteiger partial charge >= 0.3 is 5.97 Å². The largest absolute Gasteiger partial charge is 0.463 e. The number of rotatable bonds is 6. The molecule has 0 saturated carbocycles. The molecule has 0 spiro atoms. The predicted molar refractivity (Wildman–Crippen MR) is 78.0 cm³/mol. The Labute approximate surface area is 129 Å². The van der Waals surface area contributed by atoms with Crippen LogP contribution in [-0.4, -0.2) is 69.5 Å². The molecule has 0 radical (unpaired) electrons. The minimum Gasteiger partial charge on any atom is -0.463 e. The molecule has 0 aromatic rings. The molecule has 1 aliphatic rings. The standard InChI is InChI=1S/C11H20N2O7S2/c1-11(8-12)4-3-9(14)13(22(11,18)19)7-10(15)20-5-6-21(2,16)17/h3-8,12H2,1-2H3. The molecule has 22 heavy (non-hydrogen) atoms. The van der Waals surface area contributed by atoms with E-state index in [-0.39, 0.29) is 25.1 Å². The molecule has 0 aliphatic carbocycles. The lowest BCUT2D eigenvalue weighted by Crippen LogP contribution is -2.58. The molecule has 1 amide bonds. The fraction of sp³-hybridized carbons (Fsp3) is 0.818. The molecule has 9 nitrogen and oxygen atoms in total. The van der Waals surface area contributed by atoms with Crippen molar-refractivity contribution >= 4 is 31.7 Å². The summed E-state index contributed by atoms with van der Waals surface area (Å²) in [4.78, 5) is 23.4. The number of carbonyl (C=O) groups is 2. The number of sulfone groups is 1. The van der Waals surface area contributed by atoms with Gasteiger partial charge in [0.2, 0.25) is 15.9 Å². The van der Waals surface area contributed by atoms with Crippen molar-refractivity contribution in [2.75, 3.05) is 31.7 Å². The lowest BCUT2D eigenvalue weighted by molar-refractivity contribution is -0.146. The quantitative estimate of drug-likeness (QED) is 0.552. The third kappa shape index (κ3) is 4.17. The Morgan fingerprint density at radius 1 is 1.45 bits per heavy atom. The number of hydrogen-bond donors (Lipinski definition) is 1. The molecule has 128 valence electrons. The minimum absolute atomic E-state index is 0.0381. The van der Waals surface area contributed by atoms with Crippen molar-refractivity contribution in [3.05, 3.63) is 0 Å². The number of sulfonamides is 1. The number of carbonyl (C=O) groups excluding carboxylic acids is 2. The topological polar surface area (TPSA) is 141 Å². The Morgan fingerprint density at radius 3 is 2.55 bits per heavy atom. The number of nitrogens with two attached hydrogens (primary N) is 1. The second kappa shape index (κ2) is 6.50. The van der Waals surface area contributed by atoms with Crippen LogP contribution in [0.2, 0.25) is 0 Å². The van der Waals surface area contributed by atoms with Crippen LogP contribution in [0.1, 0.15) is 19.8 Å². The number of ether oxygens (including phenoxy) is 1. The van der Waals surface area contributed by atoms with Gasteiger partial charge in [0.05, 0.1) is 5.75 Å². The summed E-state index contributed by atoms with van der Waals surface area (Å²) in [5.41, 5.74) is 5.48. The van der Waals surface area contributed by atoms with Crippen LogP contribution in [0.3, 0.4) is 0 Å². The number of esters is 1. The smallest absolute Gasteiger partial charge is 0.326 e. The summed E-state index contributed by atoms with van der Waals surface area (Å²) in [5, 5.41) is 0. The Kier molecular flexibility index (Phi) is 5.57. The summed E-state index contributed by atoms with van der Waals surface area (Å²) >= 11 is 0. The molecular formula is C11H20N2O7S2. The van der Waals surface area contributed by atoms with Crippen molar-refractivity contribution in [3.8, 4) is 0 Å². The summed E-state index contributed by atoms with van der Waals surface area (Å²) in [5.74, 6) is -2.06. The van der Waals surface area contributed by atoms with E-state index in [0.29, 0.717) is 4.31 Å². The molecule has 1 rings (SSSR count). The molecule has 0 aromatic heterocycles. The van der Waals surface area contributed by atoms with Crippen LogP contribution in [0.25, 0.3) is 0 Å². The first-order chi connectivity index (χ1) is 9.93. The molecule has 0 bridgehead atoms. The van der Waals surface area contributed by atoms with Gasteiger partial charge in [-0.2, -0.15) is 0 Å². The van der Waals surface area contributed by atoms with Crippen LogP contribution in [0, 0.1) is 0 Å². The van der Waals surface area contributed by atoms with Gasteiger partial charge < -0.3 is 10.5 Å². The van der Waals surface area contributed by atoms with Gasteiger partial charge in [0, 0.05) is 19.2 Å². The van der Waals surface area contributed by atoms with Crippen molar-refractivity contribution in [2.24, 2.45) is 5.73 Å². The highest BCUT2D eigenvalue weighted by Gasteiger charge is 2.49. The van der Waals surface area contributed by atoms with Crippen molar-refractivity contribution < 1.29 is 31.2 Å². The lowest BCUT2D eigenvalue weighted by atomic mass is 10.0. The zero-order chi connectivity index (χ0) is 17.2. The van der Waals surface area contributed by atoms with E-state index in [2.05, 4.69) is 4.74 Å². The molecule has 1 fully saturated rings. The molecule has 2 N–H and O–H groups in total. The monoisotopic (exact) mass is 356 g/mol. The first-order valence-electron chi connectivity index (χ1n) is 6.51. The van der Waals surface area contributed by atoms with E-state index in [1.165, 1.54) is 6.92 Å². The lowest BCUT2D eigenvalue weighted by Gasteiger charge is -2.38. The number of amides is 1. The fourth-order valence-electron chi connectivity index (χ4n) is 1.88. The van der Waals surface area contributed by atoms with Crippen LogP contribution in [-0.2, 0) is 34.2 Å². The maximum Gasteiger partial charge on any atom is 0.326 e. The van der Waals surface area contributed by atoms with Gasteiger partial charge in [-0.1, -0.05) is 0 Å². The van der Waals surface area contributed by atoms with E-state index in [4.69, 9.17) is 5.73 Å². The van der Waals surface area contributed by atoms with Crippen LogP contribution in [0.15, 0.2) is 0 Å². The van der Waals surface area contributed by atoms with Gasteiger partial charge in [-0.25, -0.2) is 21.1 Å². The molecule has 1 unspecified atom stereocenters. The highest BCUT2D eigenvalue weighted by Crippen LogP contribution is 2.31. The average Bonchev–Trinajstić information content (AvgIpc) is 2.38. The van der Waals surface area contributed by atoms with E-state index >= 15 is 0 Å². The van der Waals surface area contributed by atoms with E-state index in [1.807, 2.05) is 0 Å². The van der Waals surface area contributed by atoms with Crippen LogP contribution in [0.4, 0.5) is 0 Å². The third-order valence-electron chi connectivity index (χ3n) is 3.48. The Balaban J connectivity index is 2.78. The zero-order valence-electron chi connectivity index (χ0n) is 12.4. The Hall–Kier alpha value is -1.20. The van der Waals surface area contributed by atoms with Crippen molar-refractivity contribution in [1.82, 2.24) is 4.31 Å². The maximum atomic E-state index is 12.4. The van der Waals surface area contributed by atoms with E-state index < -0.39 is 49.6 Å². The number of nitrogens with zero attached hydrogens (tertiary/aromatic N) is 1. The van der Waals surface area contributed by atoms with Gasteiger partial charge in [-0.05, 0) is 13.3 Å². The van der Waals surface area contributed by atoms with Crippen LogP contribution < -0.4 is 5.73 Å². The number of hydrogen-bond acceptors (Lipinski definition) is 8. The normalized spacial score (nSPS) is 25.0. The Morgan fingerprint density at radius 2 is 2.05 bits per heavy atom. The molecule has 1 saturated heterocycles. The second-order valence-electron chi connectivity index (χ2n) is 5.41. The first-order valence-corrected chi connectivity index (χ1v) is 10.0. The molecule has 1 atom stereocenters. The first kappa shape index (κ1) is 18.8. The highest BCUT2D eigenvalue weighted by molar-refractivity contribution is 7.91. The average molecular weight is 356 g/mol. The molecular weight excluding hydrogens is 336 g/mol. The maximum absolute atomic E-state index is 12.4. The van der Waals surface area contributed by atoms with Crippen molar-refractivity contribution in [3.63, 3.8) is 0 Å². The van der Waals surface area contributed by atoms with E-state index in [9.17, 15) is 26.4 Å². The van der Waals surface area contributed by atoms with Crippen molar-refractivity contribution in [1.29, 1.82) is 0 Å². The van der Waals surface area contributed by atoms with E-state index in [1.54, 1.807) is 0 Å². The SMILES string of the molecule is CC1(CN)CCC(=O)N(CC(=O)OCCS(C)(=O)=O)S1(=O)=O. The summed E-state index contributed by atoms with van der Waals surface area (Å²) in [6.45, 7) is 0.0629. The van der Waals surface area contributed by atoms with Crippen molar-refractivity contribution in [2.45, 2.75) is 24.5 Å². The Bertz CT molecular complexity index is 656. The molecule has 0 aromatic carbocycles. The van der Waals surface area contributed by atoms with E-state index in [0.717, 1.165) is 6.26 Å². The van der Waals surface area contributed by atoms with Crippen LogP contribution >= 0.6 is 0 Å². The van der Waals surface area contributed by atoms with Crippen LogP contribution in [0.5, 0.6) is 0 Å².